The highest BCUT2D eigenvalue weighted by Gasteiger charge is 2.19. The summed E-state index contributed by atoms with van der Waals surface area (Å²) in [7, 11) is 0. The van der Waals surface area contributed by atoms with Crippen LogP contribution in [0.25, 0.3) is 16.6 Å². The van der Waals surface area contributed by atoms with Gasteiger partial charge in [-0.05, 0) is 50.6 Å². The second-order valence-corrected chi connectivity index (χ2v) is 8.29. The van der Waals surface area contributed by atoms with Crippen molar-refractivity contribution < 1.29 is 9.90 Å². The maximum Gasteiger partial charge on any atom is 0.335 e. The van der Waals surface area contributed by atoms with Gasteiger partial charge in [0, 0.05) is 38.6 Å². The van der Waals surface area contributed by atoms with Crippen molar-refractivity contribution in [2.75, 3.05) is 0 Å². The molecule has 7 heteroatoms. The predicted molar refractivity (Wildman–Crippen MR) is 117 cm³/mol. The van der Waals surface area contributed by atoms with Gasteiger partial charge in [-0.2, -0.15) is 5.10 Å². The molecule has 0 unspecified atom stereocenters. The van der Waals surface area contributed by atoms with Crippen LogP contribution in [0.1, 0.15) is 28.5 Å². The molecule has 2 heterocycles. The Hall–Kier alpha value is -2.70. The van der Waals surface area contributed by atoms with E-state index in [4.69, 9.17) is 11.6 Å². The number of fused-ring (bicyclic) bond motifs is 1. The van der Waals surface area contributed by atoms with E-state index in [1.54, 1.807) is 23.9 Å². The van der Waals surface area contributed by atoms with Gasteiger partial charge < -0.3 is 9.67 Å². The highest BCUT2D eigenvalue weighted by molar-refractivity contribution is 7.99. The van der Waals surface area contributed by atoms with Gasteiger partial charge in [0.05, 0.1) is 23.0 Å². The van der Waals surface area contributed by atoms with Gasteiger partial charge in [-0.1, -0.05) is 35.5 Å². The highest BCUT2D eigenvalue weighted by Crippen LogP contribution is 2.41. The molecule has 0 atom stereocenters. The summed E-state index contributed by atoms with van der Waals surface area (Å²) in [6.45, 7) is 6.76. The van der Waals surface area contributed by atoms with Crippen molar-refractivity contribution in [3.63, 3.8) is 0 Å². The van der Waals surface area contributed by atoms with E-state index in [0.29, 0.717) is 10.6 Å². The number of hydrogen-bond acceptors (Lipinski definition) is 3. The van der Waals surface area contributed by atoms with Crippen molar-refractivity contribution in [2.24, 2.45) is 0 Å². The molecule has 0 fully saturated rings. The fourth-order valence-corrected chi connectivity index (χ4v) is 4.85. The number of aromatic carboxylic acids is 1. The minimum Gasteiger partial charge on any atom is -0.478 e. The fraction of sp³-hybridized carbons (Fsp3) is 0.182. The van der Waals surface area contributed by atoms with Crippen molar-refractivity contribution in [2.45, 2.75) is 37.1 Å². The summed E-state index contributed by atoms with van der Waals surface area (Å²) in [5.41, 5.74) is 4.12. The van der Waals surface area contributed by atoms with Gasteiger partial charge in [0.1, 0.15) is 0 Å². The van der Waals surface area contributed by atoms with E-state index in [1.807, 2.05) is 55.2 Å². The zero-order valence-electron chi connectivity index (χ0n) is 16.3. The number of rotatable bonds is 5. The third-order valence-electron chi connectivity index (χ3n) is 5.04. The molecule has 0 amide bonds. The first-order valence-corrected chi connectivity index (χ1v) is 10.4. The lowest BCUT2D eigenvalue weighted by Gasteiger charge is -2.09. The summed E-state index contributed by atoms with van der Waals surface area (Å²) >= 11 is 7.89. The van der Waals surface area contributed by atoms with Gasteiger partial charge in [0.25, 0.3) is 0 Å². The quantitative estimate of drug-likeness (QED) is 0.428. The van der Waals surface area contributed by atoms with Crippen molar-refractivity contribution in [1.82, 2.24) is 14.3 Å². The van der Waals surface area contributed by atoms with E-state index in [9.17, 15) is 9.90 Å². The van der Waals surface area contributed by atoms with E-state index in [-0.39, 0.29) is 0 Å². The number of carbonyl (C=O) groups is 1. The average molecular weight is 426 g/mol. The van der Waals surface area contributed by atoms with Crippen LogP contribution >= 0.6 is 23.4 Å². The largest absolute Gasteiger partial charge is 0.478 e. The number of aromatic nitrogens is 3. The van der Waals surface area contributed by atoms with E-state index < -0.39 is 5.97 Å². The van der Waals surface area contributed by atoms with Crippen molar-refractivity contribution in [1.29, 1.82) is 0 Å². The van der Waals surface area contributed by atoms with Gasteiger partial charge in [-0.15, -0.1) is 0 Å². The molecule has 0 aliphatic carbocycles. The number of carboxylic acid groups (broad SMARTS) is 1. The van der Waals surface area contributed by atoms with Gasteiger partial charge in [-0.25, -0.2) is 4.79 Å². The van der Waals surface area contributed by atoms with Crippen molar-refractivity contribution in [3.8, 4) is 5.69 Å². The van der Waals surface area contributed by atoms with Crippen LogP contribution < -0.4 is 0 Å². The van der Waals surface area contributed by atoms with Crippen LogP contribution in [0.5, 0.6) is 0 Å². The molecule has 4 aromatic rings. The van der Waals surface area contributed by atoms with E-state index in [2.05, 4.69) is 16.6 Å². The zero-order valence-corrected chi connectivity index (χ0v) is 17.9. The van der Waals surface area contributed by atoms with Crippen LogP contribution in [0, 0.1) is 13.8 Å². The average Bonchev–Trinajstić information content (AvgIpc) is 3.25. The summed E-state index contributed by atoms with van der Waals surface area (Å²) in [4.78, 5) is 13.5. The van der Waals surface area contributed by atoms with Gasteiger partial charge in [0.15, 0.2) is 0 Å². The number of carboxylic acids is 1. The summed E-state index contributed by atoms with van der Waals surface area (Å²) in [6, 6.07) is 11.2. The SMILES string of the molecule is CCn1cc(-n2c(C)c(Sc3cccc(C(=O)O)c3C)c3ccc(Cl)cc32)cn1. The molecule has 0 aliphatic heterocycles. The van der Waals surface area contributed by atoms with E-state index in [0.717, 1.165) is 44.2 Å². The predicted octanol–water partition coefficient (Wildman–Crippen LogP) is 5.97. The van der Waals surface area contributed by atoms with Crippen LogP contribution in [-0.4, -0.2) is 25.4 Å². The number of benzene rings is 2. The lowest BCUT2D eigenvalue weighted by molar-refractivity contribution is 0.0696. The van der Waals surface area contributed by atoms with Gasteiger partial charge in [-0.3, -0.25) is 4.68 Å². The first-order valence-electron chi connectivity index (χ1n) is 9.24. The summed E-state index contributed by atoms with van der Waals surface area (Å²) in [6.07, 6.45) is 3.86. The number of halogens is 1. The molecule has 4 rings (SSSR count). The standard InChI is InChI=1S/C22H20ClN3O2S/c1-4-25-12-16(11-24-25)26-14(3)21(18-9-8-15(23)10-19(18)26)29-20-7-5-6-17(13(20)2)22(27)28/h5-12H,4H2,1-3H3,(H,27,28). The molecule has 29 heavy (non-hydrogen) atoms. The van der Waals surface area contributed by atoms with E-state index in [1.165, 1.54) is 0 Å². The van der Waals surface area contributed by atoms with Crippen LogP contribution in [0.4, 0.5) is 0 Å². The molecular formula is C22H20ClN3O2S. The monoisotopic (exact) mass is 425 g/mol. The lowest BCUT2D eigenvalue weighted by atomic mass is 10.1. The second kappa shape index (κ2) is 7.61. The molecular weight excluding hydrogens is 406 g/mol. The molecule has 5 nitrogen and oxygen atoms in total. The Labute approximate surface area is 177 Å². The Bertz CT molecular complexity index is 1240. The van der Waals surface area contributed by atoms with Crippen molar-refractivity contribution >= 4 is 40.2 Å². The summed E-state index contributed by atoms with van der Waals surface area (Å²) in [5, 5.41) is 15.6. The fourth-order valence-electron chi connectivity index (χ4n) is 3.53. The zero-order chi connectivity index (χ0) is 20.7. The Morgan fingerprint density at radius 1 is 1.24 bits per heavy atom. The lowest BCUT2D eigenvalue weighted by Crippen LogP contribution is -2.00. The number of hydrogen-bond donors (Lipinski definition) is 1. The topological polar surface area (TPSA) is 60.0 Å². The summed E-state index contributed by atoms with van der Waals surface area (Å²) in [5.74, 6) is -0.914. The van der Waals surface area contributed by atoms with Gasteiger partial charge >= 0.3 is 5.97 Å². The molecule has 0 saturated heterocycles. The van der Waals surface area contributed by atoms with Crippen LogP contribution in [0.3, 0.4) is 0 Å². The molecule has 148 valence electrons. The minimum absolute atomic E-state index is 0.323. The molecule has 0 aliphatic rings. The smallest absolute Gasteiger partial charge is 0.335 e. The Kier molecular flexibility index (Phi) is 5.15. The Morgan fingerprint density at radius 3 is 2.72 bits per heavy atom. The van der Waals surface area contributed by atoms with Gasteiger partial charge in [0.2, 0.25) is 0 Å². The summed E-state index contributed by atoms with van der Waals surface area (Å²) < 4.78 is 4.04. The van der Waals surface area contributed by atoms with Crippen LogP contribution in [0.2, 0.25) is 5.02 Å². The molecule has 0 spiro atoms. The molecule has 1 N–H and O–H groups in total. The third kappa shape index (κ3) is 3.43. The highest BCUT2D eigenvalue weighted by atomic mass is 35.5. The molecule has 2 aromatic heterocycles. The Morgan fingerprint density at radius 2 is 2.03 bits per heavy atom. The minimum atomic E-state index is -0.914. The molecule has 2 aromatic carbocycles. The second-order valence-electron chi connectivity index (χ2n) is 6.80. The first kappa shape index (κ1) is 19.6. The van der Waals surface area contributed by atoms with Crippen molar-refractivity contribution in [3.05, 3.63) is 70.6 Å². The molecule has 0 saturated carbocycles. The molecule has 0 bridgehead atoms. The Balaban J connectivity index is 1.91. The number of nitrogens with zero attached hydrogens (tertiary/aromatic N) is 3. The number of aryl methyl sites for hydroxylation is 1. The first-order chi connectivity index (χ1) is 13.9. The maximum absolute atomic E-state index is 11.5. The normalized spacial score (nSPS) is 11.3. The van der Waals surface area contributed by atoms with E-state index >= 15 is 0 Å². The maximum atomic E-state index is 11.5. The van der Waals surface area contributed by atoms with Crippen LogP contribution in [0.15, 0.2) is 58.6 Å². The third-order valence-corrected chi connectivity index (χ3v) is 6.65. The van der Waals surface area contributed by atoms with Crippen LogP contribution in [-0.2, 0) is 6.54 Å². The molecule has 0 radical (unpaired) electrons.